The van der Waals surface area contributed by atoms with Gasteiger partial charge in [-0.25, -0.2) is 0 Å². The Morgan fingerprint density at radius 2 is 1.52 bits per heavy atom. The molecule has 1 aliphatic heterocycles. The van der Waals surface area contributed by atoms with Gasteiger partial charge in [0.2, 0.25) is 0 Å². The molecule has 4 nitrogen and oxygen atoms in total. The lowest BCUT2D eigenvalue weighted by atomic mass is 10.0. The number of rotatable bonds is 3. The van der Waals surface area contributed by atoms with Crippen LogP contribution in [0.15, 0.2) is 48.5 Å². The highest BCUT2D eigenvalue weighted by Gasteiger charge is 2.25. The molecular weight excluding hydrogens is 359 g/mol. The SMILES string of the molecule is O=C(NC1CCN(C(=O)c2cc(Cl)cc(Cl)c2)CC1)c1ccccc1. The van der Waals surface area contributed by atoms with Gasteiger partial charge in [0.1, 0.15) is 0 Å². The van der Waals surface area contributed by atoms with E-state index < -0.39 is 0 Å². The number of amides is 2. The van der Waals surface area contributed by atoms with Gasteiger partial charge >= 0.3 is 0 Å². The Kier molecular flexibility index (Phi) is 5.61. The van der Waals surface area contributed by atoms with E-state index in [1.165, 1.54) is 0 Å². The minimum absolute atomic E-state index is 0.0692. The maximum atomic E-state index is 12.6. The third-order valence-electron chi connectivity index (χ3n) is 4.26. The van der Waals surface area contributed by atoms with Gasteiger partial charge in [-0.05, 0) is 43.2 Å². The van der Waals surface area contributed by atoms with Crippen molar-refractivity contribution in [2.45, 2.75) is 18.9 Å². The smallest absolute Gasteiger partial charge is 0.253 e. The summed E-state index contributed by atoms with van der Waals surface area (Å²) in [4.78, 5) is 26.6. The second-order valence-corrected chi connectivity index (χ2v) is 6.94. The van der Waals surface area contributed by atoms with E-state index in [1.807, 2.05) is 18.2 Å². The van der Waals surface area contributed by atoms with Crippen molar-refractivity contribution < 1.29 is 9.59 Å². The summed E-state index contributed by atoms with van der Waals surface area (Å²) < 4.78 is 0. The van der Waals surface area contributed by atoms with Crippen molar-refractivity contribution in [2.75, 3.05) is 13.1 Å². The third-order valence-corrected chi connectivity index (χ3v) is 4.70. The van der Waals surface area contributed by atoms with Crippen LogP contribution < -0.4 is 5.32 Å². The number of nitrogens with one attached hydrogen (secondary N) is 1. The minimum Gasteiger partial charge on any atom is -0.349 e. The van der Waals surface area contributed by atoms with Crippen LogP contribution in [0.4, 0.5) is 0 Å². The molecule has 0 spiro atoms. The van der Waals surface area contributed by atoms with Crippen LogP contribution in [-0.4, -0.2) is 35.8 Å². The molecule has 3 rings (SSSR count). The van der Waals surface area contributed by atoms with E-state index in [0.717, 1.165) is 12.8 Å². The second kappa shape index (κ2) is 7.89. The Morgan fingerprint density at radius 1 is 0.920 bits per heavy atom. The lowest BCUT2D eigenvalue weighted by Gasteiger charge is -2.32. The fraction of sp³-hybridized carbons (Fsp3) is 0.263. The number of benzene rings is 2. The van der Waals surface area contributed by atoms with E-state index in [1.54, 1.807) is 35.2 Å². The monoisotopic (exact) mass is 376 g/mol. The Bertz CT molecular complexity index is 752. The molecule has 0 atom stereocenters. The molecular formula is C19H18Cl2N2O2. The highest BCUT2D eigenvalue weighted by atomic mass is 35.5. The molecule has 0 unspecified atom stereocenters. The Balaban J connectivity index is 1.56. The predicted molar refractivity (Wildman–Crippen MR) is 99.3 cm³/mol. The number of likely N-dealkylation sites (tertiary alicyclic amines) is 1. The fourth-order valence-corrected chi connectivity index (χ4v) is 3.47. The summed E-state index contributed by atoms with van der Waals surface area (Å²) in [5.74, 6) is -0.163. The fourth-order valence-electron chi connectivity index (χ4n) is 2.95. The molecule has 0 radical (unpaired) electrons. The van der Waals surface area contributed by atoms with Gasteiger partial charge in [-0.1, -0.05) is 41.4 Å². The molecule has 0 aromatic heterocycles. The van der Waals surface area contributed by atoms with Crippen molar-refractivity contribution in [1.82, 2.24) is 10.2 Å². The molecule has 130 valence electrons. The predicted octanol–water partition coefficient (Wildman–Crippen LogP) is 4.03. The minimum atomic E-state index is -0.0859. The Hall–Kier alpha value is -2.04. The topological polar surface area (TPSA) is 49.4 Å². The molecule has 2 aromatic carbocycles. The average molecular weight is 377 g/mol. The molecule has 1 N–H and O–H groups in total. The third kappa shape index (κ3) is 4.53. The molecule has 1 fully saturated rings. The number of hydrogen-bond acceptors (Lipinski definition) is 2. The molecule has 1 saturated heterocycles. The van der Waals surface area contributed by atoms with Gasteiger partial charge < -0.3 is 10.2 Å². The van der Waals surface area contributed by atoms with Crippen molar-refractivity contribution in [1.29, 1.82) is 0 Å². The molecule has 0 saturated carbocycles. The lowest BCUT2D eigenvalue weighted by molar-refractivity contribution is 0.0698. The quantitative estimate of drug-likeness (QED) is 0.878. The van der Waals surface area contributed by atoms with E-state index in [0.29, 0.717) is 34.3 Å². The molecule has 6 heteroatoms. The van der Waals surface area contributed by atoms with Gasteiger partial charge in [0, 0.05) is 40.3 Å². The normalized spacial score (nSPS) is 15.0. The summed E-state index contributed by atoms with van der Waals surface area (Å²) in [6.07, 6.45) is 1.44. The molecule has 2 aromatic rings. The van der Waals surface area contributed by atoms with Crippen LogP contribution in [0.2, 0.25) is 10.0 Å². The van der Waals surface area contributed by atoms with Crippen LogP contribution in [-0.2, 0) is 0 Å². The maximum absolute atomic E-state index is 12.6. The zero-order valence-corrected chi connectivity index (χ0v) is 15.1. The first-order valence-electron chi connectivity index (χ1n) is 8.14. The van der Waals surface area contributed by atoms with E-state index in [4.69, 9.17) is 23.2 Å². The molecule has 1 heterocycles. The molecule has 0 bridgehead atoms. The number of hydrogen-bond donors (Lipinski definition) is 1. The highest BCUT2D eigenvalue weighted by Crippen LogP contribution is 2.21. The van der Waals surface area contributed by atoms with Crippen molar-refractivity contribution in [2.24, 2.45) is 0 Å². The molecule has 1 aliphatic rings. The summed E-state index contributed by atoms with van der Waals surface area (Å²) in [5.41, 5.74) is 1.14. The van der Waals surface area contributed by atoms with Gasteiger partial charge in [-0.15, -0.1) is 0 Å². The summed E-state index contributed by atoms with van der Waals surface area (Å²) in [6.45, 7) is 1.17. The number of piperidine rings is 1. The van der Waals surface area contributed by atoms with Crippen molar-refractivity contribution in [3.8, 4) is 0 Å². The first-order chi connectivity index (χ1) is 12.0. The van der Waals surface area contributed by atoms with Crippen LogP contribution in [0.1, 0.15) is 33.6 Å². The molecule has 0 aliphatic carbocycles. The largest absolute Gasteiger partial charge is 0.349 e. The zero-order chi connectivity index (χ0) is 17.8. The highest BCUT2D eigenvalue weighted by molar-refractivity contribution is 6.35. The molecule has 2 amide bonds. The van der Waals surface area contributed by atoms with Crippen LogP contribution >= 0.6 is 23.2 Å². The van der Waals surface area contributed by atoms with Gasteiger partial charge in [0.25, 0.3) is 11.8 Å². The maximum Gasteiger partial charge on any atom is 0.253 e. The van der Waals surface area contributed by atoms with Crippen molar-refractivity contribution >= 4 is 35.0 Å². The van der Waals surface area contributed by atoms with E-state index in [9.17, 15) is 9.59 Å². The van der Waals surface area contributed by atoms with Gasteiger partial charge in [-0.2, -0.15) is 0 Å². The zero-order valence-electron chi connectivity index (χ0n) is 13.5. The summed E-state index contributed by atoms with van der Waals surface area (Å²) in [5, 5.41) is 3.92. The standard InChI is InChI=1S/C19H18Cl2N2O2/c20-15-10-14(11-16(21)12-15)19(25)23-8-6-17(7-9-23)22-18(24)13-4-2-1-3-5-13/h1-5,10-12,17H,6-9H2,(H,22,24). The summed E-state index contributed by atoms with van der Waals surface area (Å²) in [6, 6.07) is 14.1. The Morgan fingerprint density at radius 3 is 2.12 bits per heavy atom. The van der Waals surface area contributed by atoms with Crippen LogP contribution in [0.5, 0.6) is 0 Å². The van der Waals surface area contributed by atoms with Crippen LogP contribution in [0.3, 0.4) is 0 Å². The van der Waals surface area contributed by atoms with Crippen LogP contribution in [0.25, 0.3) is 0 Å². The van der Waals surface area contributed by atoms with Crippen molar-refractivity contribution in [3.63, 3.8) is 0 Å². The first-order valence-corrected chi connectivity index (χ1v) is 8.90. The first kappa shape index (κ1) is 17.8. The van der Waals surface area contributed by atoms with Gasteiger partial charge in [-0.3, -0.25) is 9.59 Å². The molecule has 25 heavy (non-hydrogen) atoms. The van der Waals surface area contributed by atoms with E-state index in [-0.39, 0.29) is 17.9 Å². The summed E-state index contributed by atoms with van der Waals surface area (Å²) in [7, 11) is 0. The van der Waals surface area contributed by atoms with Gasteiger partial charge in [0.05, 0.1) is 0 Å². The van der Waals surface area contributed by atoms with E-state index >= 15 is 0 Å². The average Bonchev–Trinajstić information content (AvgIpc) is 2.61. The van der Waals surface area contributed by atoms with Gasteiger partial charge in [0.15, 0.2) is 0 Å². The van der Waals surface area contributed by atoms with Crippen molar-refractivity contribution in [3.05, 3.63) is 69.7 Å². The lowest BCUT2D eigenvalue weighted by Crippen LogP contribution is -2.46. The number of halogens is 2. The number of carbonyl (C=O) groups is 2. The summed E-state index contributed by atoms with van der Waals surface area (Å²) >= 11 is 11.9. The van der Waals surface area contributed by atoms with Crippen LogP contribution in [0, 0.1) is 0 Å². The number of carbonyl (C=O) groups excluding carboxylic acids is 2. The Labute approximate surface area is 156 Å². The number of nitrogens with zero attached hydrogens (tertiary/aromatic N) is 1. The second-order valence-electron chi connectivity index (χ2n) is 6.06. The van der Waals surface area contributed by atoms with E-state index in [2.05, 4.69) is 5.32 Å².